The van der Waals surface area contributed by atoms with E-state index in [9.17, 15) is 9.59 Å². The number of hydrogen-bond acceptors (Lipinski definition) is 5. The number of ketones is 2. The zero-order valence-corrected chi connectivity index (χ0v) is 19.4. The molecule has 0 saturated heterocycles. The third-order valence-electron chi connectivity index (χ3n) is 5.26. The van der Waals surface area contributed by atoms with E-state index >= 15 is 0 Å². The number of aryl methyl sites for hydroxylation is 2. The molecule has 0 aliphatic carbocycles. The van der Waals surface area contributed by atoms with Crippen molar-refractivity contribution in [1.29, 1.82) is 0 Å². The van der Waals surface area contributed by atoms with Gasteiger partial charge in [-0.15, -0.1) is 0 Å². The molecule has 0 aliphatic heterocycles. The number of nitrogens with zero attached hydrogens (tertiary/aromatic N) is 2. The topological polar surface area (TPSA) is 70.4 Å². The van der Waals surface area contributed by atoms with Crippen LogP contribution in [0.15, 0.2) is 60.8 Å². The van der Waals surface area contributed by atoms with Crippen molar-refractivity contribution in [2.75, 3.05) is 7.11 Å². The van der Waals surface area contributed by atoms with Crippen LogP contribution in [0.25, 0.3) is 12.2 Å². The maximum absolute atomic E-state index is 12.3. The number of ether oxygens (including phenoxy) is 2. The van der Waals surface area contributed by atoms with Crippen molar-refractivity contribution in [2.45, 2.75) is 26.9 Å². The molecule has 0 unspecified atom stereocenters. The van der Waals surface area contributed by atoms with E-state index in [1.54, 1.807) is 43.7 Å². The molecule has 0 amide bonds. The Morgan fingerprint density at radius 3 is 2.42 bits per heavy atom. The highest BCUT2D eigenvalue weighted by molar-refractivity contribution is 6.11. The van der Waals surface area contributed by atoms with Gasteiger partial charge in [0.15, 0.2) is 11.6 Å². The maximum atomic E-state index is 12.3. The fourth-order valence-electron chi connectivity index (χ4n) is 3.39. The standard InChI is InChI=1S/C27H28N2O4/c1-19-15-20(2)29(3)26(19)13-11-24(31)16-23(30)10-8-21-9-12-25(17-27(21)32-4)33-18-22-7-5-6-14-28-22/h5-15,17H,16,18H2,1-4H3/b10-8+,13-11+. The van der Waals surface area contributed by atoms with E-state index in [-0.39, 0.29) is 18.0 Å². The molecule has 0 radical (unpaired) electrons. The smallest absolute Gasteiger partial charge is 0.163 e. The average Bonchev–Trinajstić information content (AvgIpc) is 3.06. The van der Waals surface area contributed by atoms with E-state index in [0.717, 1.165) is 22.6 Å². The minimum Gasteiger partial charge on any atom is -0.496 e. The molecule has 2 aromatic heterocycles. The Labute approximate surface area is 194 Å². The third-order valence-corrected chi connectivity index (χ3v) is 5.26. The van der Waals surface area contributed by atoms with Crippen molar-refractivity contribution in [3.8, 4) is 11.5 Å². The Hall–Kier alpha value is -3.93. The van der Waals surface area contributed by atoms with E-state index in [2.05, 4.69) is 11.1 Å². The van der Waals surface area contributed by atoms with Crippen LogP contribution in [0.2, 0.25) is 0 Å². The second-order valence-electron chi connectivity index (χ2n) is 7.70. The summed E-state index contributed by atoms with van der Waals surface area (Å²) in [6.07, 6.45) is 7.79. The van der Waals surface area contributed by atoms with Gasteiger partial charge in [0.1, 0.15) is 18.1 Å². The molecule has 6 heteroatoms. The molecule has 2 heterocycles. The number of benzene rings is 1. The van der Waals surface area contributed by atoms with Crippen LogP contribution in [-0.2, 0) is 23.2 Å². The van der Waals surface area contributed by atoms with Gasteiger partial charge in [0.25, 0.3) is 0 Å². The summed E-state index contributed by atoms with van der Waals surface area (Å²) in [4.78, 5) is 28.7. The Kier molecular flexibility index (Phi) is 7.97. The van der Waals surface area contributed by atoms with E-state index in [1.807, 2.05) is 43.7 Å². The van der Waals surface area contributed by atoms with Gasteiger partial charge in [-0.3, -0.25) is 14.6 Å². The fourth-order valence-corrected chi connectivity index (χ4v) is 3.39. The molecule has 0 spiro atoms. The number of carbonyl (C=O) groups excluding carboxylic acids is 2. The first kappa shape index (κ1) is 23.7. The van der Waals surface area contributed by atoms with E-state index in [0.29, 0.717) is 23.7 Å². The maximum Gasteiger partial charge on any atom is 0.163 e. The van der Waals surface area contributed by atoms with Gasteiger partial charge in [0, 0.05) is 36.3 Å². The van der Waals surface area contributed by atoms with Crippen molar-refractivity contribution in [3.63, 3.8) is 0 Å². The van der Waals surface area contributed by atoms with Gasteiger partial charge in [-0.05, 0) is 74.0 Å². The van der Waals surface area contributed by atoms with Gasteiger partial charge in [0.05, 0.1) is 19.2 Å². The van der Waals surface area contributed by atoms with Gasteiger partial charge in [0.2, 0.25) is 0 Å². The van der Waals surface area contributed by atoms with Gasteiger partial charge >= 0.3 is 0 Å². The SMILES string of the molecule is COc1cc(OCc2ccccn2)ccc1/C=C/C(=O)CC(=O)/C=C/c1c(C)cc(C)n1C. The summed E-state index contributed by atoms with van der Waals surface area (Å²) in [5.74, 6) is 0.681. The minimum atomic E-state index is -0.276. The molecule has 170 valence electrons. The highest BCUT2D eigenvalue weighted by atomic mass is 16.5. The van der Waals surface area contributed by atoms with Crippen LogP contribution in [-0.4, -0.2) is 28.2 Å². The fraction of sp³-hybridized carbons (Fsp3) is 0.222. The van der Waals surface area contributed by atoms with Crippen molar-refractivity contribution < 1.29 is 19.1 Å². The molecule has 3 aromatic rings. The summed E-state index contributed by atoms with van der Waals surface area (Å²) in [5.41, 5.74) is 4.69. The quantitative estimate of drug-likeness (QED) is 0.329. The van der Waals surface area contributed by atoms with Crippen molar-refractivity contribution in [3.05, 3.63) is 89.0 Å². The van der Waals surface area contributed by atoms with E-state index in [1.165, 1.54) is 12.2 Å². The minimum absolute atomic E-state index is 0.191. The number of rotatable bonds is 10. The van der Waals surface area contributed by atoms with Gasteiger partial charge in [-0.1, -0.05) is 6.07 Å². The number of carbonyl (C=O) groups is 2. The Balaban J connectivity index is 1.59. The lowest BCUT2D eigenvalue weighted by Gasteiger charge is -2.09. The van der Waals surface area contributed by atoms with Crippen LogP contribution in [0.3, 0.4) is 0 Å². The van der Waals surface area contributed by atoms with E-state index < -0.39 is 0 Å². The first-order chi connectivity index (χ1) is 15.9. The third kappa shape index (κ3) is 6.53. The zero-order valence-electron chi connectivity index (χ0n) is 19.4. The summed E-state index contributed by atoms with van der Waals surface area (Å²) in [7, 11) is 3.50. The van der Waals surface area contributed by atoms with Crippen LogP contribution >= 0.6 is 0 Å². The zero-order chi connectivity index (χ0) is 23.8. The molecular weight excluding hydrogens is 416 g/mol. The Morgan fingerprint density at radius 2 is 1.79 bits per heavy atom. The Morgan fingerprint density at radius 1 is 1.03 bits per heavy atom. The highest BCUT2D eigenvalue weighted by Crippen LogP contribution is 2.26. The molecule has 1 aromatic carbocycles. The molecule has 0 saturated carbocycles. The summed E-state index contributed by atoms with van der Waals surface area (Å²) < 4.78 is 13.2. The molecule has 0 aliphatic rings. The summed E-state index contributed by atoms with van der Waals surface area (Å²) in [6, 6.07) is 13.1. The molecule has 0 bridgehead atoms. The number of allylic oxidation sites excluding steroid dienone is 2. The van der Waals surface area contributed by atoms with Gasteiger partial charge in [-0.2, -0.15) is 0 Å². The van der Waals surface area contributed by atoms with Crippen molar-refractivity contribution >= 4 is 23.7 Å². The molecule has 0 fully saturated rings. The monoisotopic (exact) mass is 444 g/mol. The lowest BCUT2D eigenvalue weighted by atomic mass is 10.1. The van der Waals surface area contributed by atoms with E-state index in [4.69, 9.17) is 9.47 Å². The van der Waals surface area contributed by atoms with Crippen LogP contribution in [0.1, 0.15) is 34.6 Å². The largest absolute Gasteiger partial charge is 0.496 e. The summed E-state index contributed by atoms with van der Waals surface area (Å²) in [6.45, 7) is 4.34. The lowest BCUT2D eigenvalue weighted by molar-refractivity contribution is -0.121. The summed E-state index contributed by atoms with van der Waals surface area (Å²) >= 11 is 0. The molecular formula is C27H28N2O4. The molecule has 0 N–H and O–H groups in total. The summed E-state index contributed by atoms with van der Waals surface area (Å²) in [5, 5.41) is 0. The van der Waals surface area contributed by atoms with Crippen molar-refractivity contribution in [1.82, 2.24) is 9.55 Å². The molecule has 0 atom stereocenters. The average molecular weight is 445 g/mol. The normalized spacial score (nSPS) is 11.3. The van der Waals surface area contributed by atoms with Crippen LogP contribution in [0.4, 0.5) is 0 Å². The molecule has 3 rings (SSSR count). The van der Waals surface area contributed by atoms with Gasteiger partial charge < -0.3 is 14.0 Å². The van der Waals surface area contributed by atoms with Crippen LogP contribution in [0, 0.1) is 13.8 Å². The number of hydrogen-bond donors (Lipinski definition) is 0. The first-order valence-electron chi connectivity index (χ1n) is 10.6. The van der Waals surface area contributed by atoms with Crippen molar-refractivity contribution in [2.24, 2.45) is 7.05 Å². The molecule has 6 nitrogen and oxygen atoms in total. The number of pyridine rings is 1. The van der Waals surface area contributed by atoms with Gasteiger partial charge in [-0.25, -0.2) is 0 Å². The van der Waals surface area contributed by atoms with Crippen LogP contribution < -0.4 is 9.47 Å². The number of methoxy groups -OCH3 is 1. The number of aromatic nitrogens is 2. The lowest BCUT2D eigenvalue weighted by Crippen LogP contribution is -2.02. The second-order valence-corrected chi connectivity index (χ2v) is 7.70. The second kappa shape index (κ2) is 11.1. The Bertz CT molecular complexity index is 1190. The molecule has 33 heavy (non-hydrogen) atoms. The predicted octanol–water partition coefficient (Wildman–Crippen LogP) is 4.88. The predicted molar refractivity (Wildman–Crippen MR) is 129 cm³/mol. The highest BCUT2D eigenvalue weighted by Gasteiger charge is 2.08. The first-order valence-corrected chi connectivity index (χ1v) is 10.6. The van der Waals surface area contributed by atoms with Crippen LogP contribution in [0.5, 0.6) is 11.5 Å².